The second-order valence-corrected chi connectivity index (χ2v) is 5.95. The summed E-state index contributed by atoms with van der Waals surface area (Å²) in [6.07, 6.45) is 0.197. The largest absolute Gasteiger partial charge is 0.311 e. The third kappa shape index (κ3) is 3.42. The minimum Gasteiger partial charge on any atom is -0.311 e. The van der Waals surface area contributed by atoms with Gasteiger partial charge in [0.25, 0.3) is 0 Å². The van der Waals surface area contributed by atoms with E-state index in [1.54, 1.807) is 12.1 Å². The third-order valence-corrected chi connectivity index (χ3v) is 4.21. The molecule has 0 aromatic heterocycles. The van der Waals surface area contributed by atoms with Gasteiger partial charge in [0.2, 0.25) is 12.1 Å². The van der Waals surface area contributed by atoms with Crippen molar-refractivity contribution in [3.05, 3.63) is 71.3 Å². The van der Waals surface area contributed by atoms with Crippen LogP contribution in [0.15, 0.2) is 48.5 Å². The maximum absolute atomic E-state index is 13.2. The van der Waals surface area contributed by atoms with Crippen LogP contribution in [-0.4, -0.2) is 6.29 Å². The highest BCUT2D eigenvalue weighted by atomic mass is 19.1. The van der Waals surface area contributed by atoms with Gasteiger partial charge in [-0.25, -0.2) is 13.7 Å². The summed E-state index contributed by atoms with van der Waals surface area (Å²) < 4.78 is 32.2. The molecule has 2 bridgehead atoms. The van der Waals surface area contributed by atoms with Crippen molar-refractivity contribution in [3.63, 3.8) is 0 Å². The number of fused-ring (bicyclic) bond motifs is 2. The lowest BCUT2D eigenvalue weighted by Gasteiger charge is -2.41. The van der Waals surface area contributed by atoms with Crippen molar-refractivity contribution < 1.29 is 33.1 Å². The molecule has 2 aliphatic rings. The Morgan fingerprint density at radius 2 is 1.52 bits per heavy atom. The highest BCUT2D eigenvalue weighted by molar-refractivity contribution is 5.22. The molecule has 2 heterocycles. The summed E-state index contributed by atoms with van der Waals surface area (Å²) >= 11 is 0. The quantitative estimate of drug-likeness (QED) is 0.758. The molecule has 7 heteroatoms. The van der Waals surface area contributed by atoms with Crippen molar-refractivity contribution in [1.29, 1.82) is 0 Å². The molecule has 0 spiro atoms. The second kappa shape index (κ2) is 6.78. The van der Waals surface area contributed by atoms with Crippen LogP contribution >= 0.6 is 0 Å². The van der Waals surface area contributed by atoms with Crippen LogP contribution in [0, 0.1) is 11.6 Å². The molecular formula is C18H16F2O5. The van der Waals surface area contributed by atoms with Crippen molar-refractivity contribution in [3.8, 4) is 0 Å². The van der Waals surface area contributed by atoms with Gasteiger partial charge in [-0.2, -0.15) is 14.7 Å². The van der Waals surface area contributed by atoms with E-state index in [1.165, 1.54) is 36.4 Å². The summed E-state index contributed by atoms with van der Waals surface area (Å²) in [5, 5.41) is 0. The lowest BCUT2D eigenvalue weighted by atomic mass is 9.97. The number of hydrogen-bond donors (Lipinski definition) is 0. The van der Waals surface area contributed by atoms with Crippen molar-refractivity contribution in [2.24, 2.45) is 0 Å². The molecule has 2 aromatic rings. The molecule has 25 heavy (non-hydrogen) atoms. The number of benzene rings is 2. The van der Waals surface area contributed by atoms with E-state index in [2.05, 4.69) is 0 Å². The van der Waals surface area contributed by atoms with Gasteiger partial charge in [-0.3, -0.25) is 0 Å². The van der Waals surface area contributed by atoms with Gasteiger partial charge in [0, 0.05) is 24.0 Å². The molecule has 2 fully saturated rings. The van der Waals surface area contributed by atoms with E-state index in [0.717, 1.165) is 6.42 Å². The van der Waals surface area contributed by atoms with E-state index >= 15 is 0 Å². The van der Waals surface area contributed by atoms with Crippen LogP contribution in [0.3, 0.4) is 0 Å². The van der Waals surface area contributed by atoms with Gasteiger partial charge in [-0.1, -0.05) is 24.3 Å². The molecule has 0 aliphatic carbocycles. The molecule has 3 unspecified atom stereocenters. The van der Waals surface area contributed by atoms with E-state index in [1.807, 2.05) is 0 Å². The number of halogens is 2. The molecule has 2 saturated heterocycles. The van der Waals surface area contributed by atoms with E-state index < -0.39 is 18.4 Å². The molecular weight excluding hydrogens is 334 g/mol. The Bertz CT molecular complexity index is 721. The summed E-state index contributed by atoms with van der Waals surface area (Å²) in [5.41, 5.74) is 1.14. The average Bonchev–Trinajstić information content (AvgIpc) is 2.62. The van der Waals surface area contributed by atoms with Crippen LogP contribution in [0.25, 0.3) is 0 Å². The molecule has 0 saturated carbocycles. The van der Waals surface area contributed by atoms with Crippen LogP contribution in [0.2, 0.25) is 0 Å². The third-order valence-electron chi connectivity index (χ3n) is 4.21. The van der Waals surface area contributed by atoms with Gasteiger partial charge >= 0.3 is 0 Å². The fourth-order valence-corrected chi connectivity index (χ4v) is 2.91. The predicted molar refractivity (Wildman–Crippen MR) is 80.3 cm³/mol. The van der Waals surface area contributed by atoms with Crippen molar-refractivity contribution >= 4 is 0 Å². The first-order valence-corrected chi connectivity index (χ1v) is 8.01. The minimum atomic E-state index is -1.22. The molecule has 4 rings (SSSR count). The summed E-state index contributed by atoms with van der Waals surface area (Å²) in [7, 11) is 0. The van der Waals surface area contributed by atoms with Crippen LogP contribution in [-0.2, 0) is 30.1 Å². The fraction of sp³-hybridized carbons (Fsp3) is 0.333. The lowest BCUT2D eigenvalue weighted by molar-refractivity contribution is -0.593. The van der Waals surface area contributed by atoms with Crippen molar-refractivity contribution in [2.45, 2.75) is 37.6 Å². The lowest BCUT2D eigenvalue weighted by Crippen LogP contribution is -2.44. The maximum atomic E-state index is 13.2. The van der Waals surface area contributed by atoms with E-state index in [0.29, 0.717) is 24.0 Å². The van der Waals surface area contributed by atoms with E-state index in [4.69, 9.17) is 24.3 Å². The van der Waals surface area contributed by atoms with Crippen LogP contribution < -0.4 is 0 Å². The van der Waals surface area contributed by atoms with Gasteiger partial charge in [0.15, 0.2) is 6.29 Å². The van der Waals surface area contributed by atoms with Gasteiger partial charge in [0.1, 0.15) is 11.6 Å². The topological polar surface area (TPSA) is 46.2 Å². The van der Waals surface area contributed by atoms with Gasteiger partial charge < -0.3 is 4.74 Å². The van der Waals surface area contributed by atoms with E-state index in [9.17, 15) is 8.78 Å². The zero-order chi connectivity index (χ0) is 17.3. The normalized spacial score (nSPS) is 29.7. The number of hydrogen-bond acceptors (Lipinski definition) is 5. The number of rotatable bonds is 2. The first-order chi connectivity index (χ1) is 12.1. The van der Waals surface area contributed by atoms with Crippen LogP contribution in [0.5, 0.6) is 0 Å². The maximum Gasteiger partial charge on any atom is 0.249 e. The molecule has 2 aliphatic heterocycles. The van der Waals surface area contributed by atoms with Gasteiger partial charge in [0.05, 0.1) is 0 Å². The molecule has 0 amide bonds. The summed E-state index contributed by atoms with van der Waals surface area (Å²) in [4.78, 5) is 21.6. The highest BCUT2D eigenvalue weighted by Gasteiger charge is 2.45. The average molecular weight is 350 g/mol. The smallest absolute Gasteiger partial charge is 0.249 e. The molecule has 0 radical (unpaired) electrons. The highest BCUT2D eigenvalue weighted by Crippen LogP contribution is 2.42. The summed E-state index contributed by atoms with van der Waals surface area (Å²) in [6, 6.07) is 11.4. The van der Waals surface area contributed by atoms with E-state index in [-0.39, 0.29) is 11.6 Å². The monoisotopic (exact) mass is 350 g/mol. The standard InChI is InChI=1S/C18H16F2O5/c19-14-7-3-12(4-8-14)17-23-22-16-2-1-11-18(21-16,25-24-17)13-5-9-15(20)10-6-13/h3-10,16-17H,1-2,11H2. The Labute approximate surface area is 142 Å². The summed E-state index contributed by atoms with van der Waals surface area (Å²) in [6.45, 7) is 0. The molecule has 3 atom stereocenters. The zero-order valence-corrected chi connectivity index (χ0v) is 13.2. The zero-order valence-electron chi connectivity index (χ0n) is 13.2. The van der Waals surface area contributed by atoms with Crippen molar-refractivity contribution in [2.75, 3.05) is 0 Å². The first-order valence-electron chi connectivity index (χ1n) is 8.01. The molecule has 5 nitrogen and oxygen atoms in total. The Morgan fingerprint density at radius 3 is 2.24 bits per heavy atom. The Morgan fingerprint density at radius 1 is 0.840 bits per heavy atom. The van der Waals surface area contributed by atoms with Crippen LogP contribution in [0.4, 0.5) is 8.78 Å². The van der Waals surface area contributed by atoms with Crippen molar-refractivity contribution in [1.82, 2.24) is 0 Å². The van der Waals surface area contributed by atoms with Crippen LogP contribution in [0.1, 0.15) is 36.7 Å². The Hall–Kier alpha value is -1.90. The second-order valence-electron chi connectivity index (χ2n) is 5.95. The molecule has 0 N–H and O–H groups in total. The Balaban J connectivity index is 1.61. The fourth-order valence-electron chi connectivity index (χ4n) is 2.91. The Kier molecular flexibility index (Phi) is 4.49. The number of ether oxygens (including phenoxy) is 1. The molecule has 132 valence electrons. The minimum absolute atomic E-state index is 0.358. The predicted octanol–water partition coefficient (Wildman–Crippen LogP) is 4.25. The molecule has 2 aromatic carbocycles. The first kappa shape index (κ1) is 16.6. The SMILES string of the molecule is Fc1ccc(C2OOC3CCCC(c4ccc(F)cc4)(OO2)O3)cc1. The van der Waals surface area contributed by atoms with Gasteiger partial charge in [-0.15, -0.1) is 0 Å². The van der Waals surface area contributed by atoms with Gasteiger partial charge in [-0.05, 0) is 30.7 Å². The summed E-state index contributed by atoms with van der Waals surface area (Å²) in [5.74, 6) is -1.96.